The molecule has 154 valence electrons. The maximum Gasteiger partial charge on any atom is 0.270 e. The van der Waals surface area contributed by atoms with Gasteiger partial charge in [0, 0.05) is 43.9 Å². The topological polar surface area (TPSA) is 65.5 Å². The molecule has 1 N–H and O–H groups in total. The predicted molar refractivity (Wildman–Crippen MR) is 114 cm³/mol. The molecule has 0 atom stereocenters. The molecule has 1 aliphatic rings. The van der Waals surface area contributed by atoms with Gasteiger partial charge in [-0.2, -0.15) is 0 Å². The lowest BCUT2D eigenvalue weighted by atomic mass is 10.0. The average Bonchev–Trinajstić information content (AvgIpc) is 2.72. The summed E-state index contributed by atoms with van der Waals surface area (Å²) in [5, 5.41) is 3.06. The minimum absolute atomic E-state index is 0.0380. The molecule has 2 amide bonds. The van der Waals surface area contributed by atoms with Crippen LogP contribution in [0.3, 0.4) is 0 Å². The fourth-order valence-electron chi connectivity index (χ4n) is 3.31. The molecule has 7 heteroatoms. The van der Waals surface area contributed by atoms with Crippen LogP contribution >= 0.6 is 11.6 Å². The molecule has 2 heterocycles. The van der Waals surface area contributed by atoms with E-state index in [9.17, 15) is 9.59 Å². The molecule has 0 radical (unpaired) electrons. The van der Waals surface area contributed by atoms with E-state index in [1.54, 1.807) is 11.0 Å². The van der Waals surface area contributed by atoms with Crippen LogP contribution in [0.15, 0.2) is 42.6 Å². The number of nitrogens with one attached hydrogen (secondary N) is 1. The smallest absolute Gasteiger partial charge is 0.270 e. The average molecular weight is 415 g/mol. The van der Waals surface area contributed by atoms with Crippen LogP contribution in [-0.2, 0) is 11.3 Å². The van der Waals surface area contributed by atoms with Gasteiger partial charge in [-0.1, -0.05) is 49.7 Å². The third-order valence-corrected chi connectivity index (χ3v) is 5.37. The fraction of sp³-hybridized carbons (Fsp3) is 0.409. The lowest BCUT2D eigenvalue weighted by Crippen LogP contribution is -2.50. The molecule has 1 aromatic heterocycles. The van der Waals surface area contributed by atoms with Gasteiger partial charge in [0.15, 0.2) is 0 Å². The van der Waals surface area contributed by atoms with Crippen molar-refractivity contribution in [3.63, 3.8) is 0 Å². The Hall–Kier alpha value is -2.44. The zero-order valence-electron chi connectivity index (χ0n) is 16.9. The first kappa shape index (κ1) is 21.3. The highest BCUT2D eigenvalue weighted by Gasteiger charge is 2.21. The summed E-state index contributed by atoms with van der Waals surface area (Å²) in [7, 11) is 0. The molecule has 1 aliphatic heterocycles. The van der Waals surface area contributed by atoms with Crippen LogP contribution in [0, 0.1) is 0 Å². The molecule has 3 rings (SSSR count). The fourth-order valence-corrected chi connectivity index (χ4v) is 3.47. The second kappa shape index (κ2) is 9.85. The van der Waals surface area contributed by atoms with E-state index in [4.69, 9.17) is 11.6 Å². The number of carbonyl (C=O) groups is 2. The first-order valence-electron chi connectivity index (χ1n) is 9.91. The number of carbonyl (C=O) groups excluding carboxylic acids is 2. The van der Waals surface area contributed by atoms with E-state index in [1.165, 1.54) is 23.4 Å². The van der Waals surface area contributed by atoms with Crippen LogP contribution in [0.4, 0.5) is 0 Å². The lowest BCUT2D eigenvalue weighted by molar-refractivity contribution is -0.131. The van der Waals surface area contributed by atoms with E-state index >= 15 is 0 Å². The Balaban J connectivity index is 1.42. The quantitative estimate of drug-likeness (QED) is 0.789. The van der Waals surface area contributed by atoms with Crippen molar-refractivity contribution in [2.75, 3.05) is 32.7 Å². The minimum atomic E-state index is -0.399. The Labute approximate surface area is 176 Å². The molecule has 0 unspecified atom stereocenters. The molecule has 1 saturated heterocycles. The first-order valence-corrected chi connectivity index (χ1v) is 10.3. The summed E-state index contributed by atoms with van der Waals surface area (Å²) in [4.78, 5) is 32.6. The van der Waals surface area contributed by atoms with Gasteiger partial charge in [-0.15, -0.1) is 0 Å². The normalized spacial score (nSPS) is 14.8. The molecule has 6 nitrogen and oxygen atoms in total. The summed E-state index contributed by atoms with van der Waals surface area (Å²) in [5.41, 5.74) is 2.84. The molecule has 0 bridgehead atoms. The highest BCUT2D eigenvalue weighted by Crippen LogP contribution is 2.16. The van der Waals surface area contributed by atoms with Gasteiger partial charge in [0.25, 0.3) is 5.91 Å². The van der Waals surface area contributed by atoms with E-state index in [0.717, 1.165) is 19.6 Å². The molecular formula is C22H27ClN4O2. The monoisotopic (exact) mass is 414 g/mol. The number of amides is 2. The van der Waals surface area contributed by atoms with Gasteiger partial charge in [-0.3, -0.25) is 19.5 Å². The van der Waals surface area contributed by atoms with E-state index in [0.29, 0.717) is 24.0 Å². The molecule has 2 aromatic rings. The third kappa shape index (κ3) is 6.02. The number of rotatable bonds is 6. The summed E-state index contributed by atoms with van der Waals surface area (Å²) in [6.07, 6.45) is 1.47. The summed E-state index contributed by atoms with van der Waals surface area (Å²) in [6, 6.07) is 11.8. The Morgan fingerprint density at radius 2 is 1.79 bits per heavy atom. The van der Waals surface area contributed by atoms with Crippen LogP contribution in [0.2, 0.25) is 5.02 Å². The number of piperazine rings is 1. The third-order valence-electron chi connectivity index (χ3n) is 5.13. The summed E-state index contributed by atoms with van der Waals surface area (Å²) < 4.78 is 0. The number of nitrogens with zero attached hydrogens (tertiary/aromatic N) is 3. The van der Waals surface area contributed by atoms with Crippen LogP contribution in [-0.4, -0.2) is 59.3 Å². The Bertz CT molecular complexity index is 846. The van der Waals surface area contributed by atoms with Crippen LogP contribution in [0.25, 0.3) is 0 Å². The molecule has 0 spiro atoms. The van der Waals surface area contributed by atoms with E-state index < -0.39 is 5.91 Å². The Kier molecular flexibility index (Phi) is 7.23. The first-order chi connectivity index (χ1) is 13.9. The Morgan fingerprint density at radius 3 is 2.41 bits per heavy atom. The highest BCUT2D eigenvalue weighted by molar-refractivity contribution is 6.30. The van der Waals surface area contributed by atoms with Crippen molar-refractivity contribution in [3.05, 3.63) is 64.4 Å². The van der Waals surface area contributed by atoms with Crippen molar-refractivity contribution in [2.45, 2.75) is 26.3 Å². The standard InChI is InChI=1S/C22H27ClN4O2/c1-16(2)18-5-3-17(4-6-18)15-26-9-11-27(12-10-26)21(28)14-25-22(29)20-13-19(23)7-8-24-20/h3-8,13,16H,9-12,14-15H2,1-2H3,(H,25,29). The maximum atomic E-state index is 12.4. The van der Waals surface area contributed by atoms with E-state index in [-0.39, 0.29) is 18.1 Å². The van der Waals surface area contributed by atoms with Crippen molar-refractivity contribution in [1.82, 2.24) is 20.1 Å². The van der Waals surface area contributed by atoms with Gasteiger partial charge in [0.05, 0.1) is 6.54 Å². The van der Waals surface area contributed by atoms with Gasteiger partial charge < -0.3 is 10.2 Å². The number of aromatic nitrogens is 1. The van der Waals surface area contributed by atoms with E-state index in [2.05, 4.69) is 53.3 Å². The molecule has 29 heavy (non-hydrogen) atoms. The van der Waals surface area contributed by atoms with Gasteiger partial charge in [0.2, 0.25) is 5.91 Å². The molecule has 0 aliphatic carbocycles. The van der Waals surface area contributed by atoms with Gasteiger partial charge in [-0.25, -0.2) is 0 Å². The summed E-state index contributed by atoms with van der Waals surface area (Å²) in [6.45, 7) is 8.20. The summed E-state index contributed by atoms with van der Waals surface area (Å²) >= 11 is 5.87. The SMILES string of the molecule is CC(C)c1ccc(CN2CCN(C(=O)CNC(=O)c3cc(Cl)ccn3)CC2)cc1. The molecule has 0 saturated carbocycles. The van der Waals surface area contributed by atoms with Crippen molar-refractivity contribution in [2.24, 2.45) is 0 Å². The van der Waals surface area contributed by atoms with E-state index in [1.807, 2.05) is 0 Å². The largest absolute Gasteiger partial charge is 0.342 e. The molecule has 1 fully saturated rings. The van der Waals surface area contributed by atoms with Crippen LogP contribution in [0.5, 0.6) is 0 Å². The van der Waals surface area contributed by atoms with Gasteiger partial charge in [0.1, 0.15) is 5.69 Å². The lowest BCUT2D eigenvalue weighted by Gasteiger charge is -2.34. The number of halogens is 1. The zero-order valence-corrected chi connectivity index (χ0v) is 17.7. The van der Waals surface area contributed by atoms with Crippen molar-refractivity contribution >= 4 is 23.4 Å². The number of hydrogen-bond donors (Lipinski definition) is 1. The van der Waals surface area contributed by atoms with Crippen molar-refractivity contribution in [1.29, 1.82) is 0 Å². The van der Waals surface area contributed by atoms with Crippen molar-refractivity contribution in [3.8, 4) is 0 Å². The zero-order chi connectivity index (χ0) is 20.8. The molecular weight excluding hydrogens is 388 g/mol. The number of benzene rings is 1. The second-order valence-corrected chi connectivity index (χ2v) is 8.03. The van der Waals surface area contributed by atoms with Gasteiger partial charge >= 0.3 is 0 Å². The Morgan fingerprint density at radius 1 is 1.10 bits per heavy atom. The minimum Gasteiger partial charge on any atom is -0.342 e. The highest BCUT2D eigenvalue weighted by atomic mass is 35.5. The van der Waals surface area contributed by atoms with Gasteiger partial charge in [-0.05, 0) is 29.2 Å². The number of hydrogen-bond acceptors (Lipinski definition) is 4. The number of pyridine rings is 1. The van der Waals surface area contributed by atoms with Crippen molar-refractivity contribution < 1.29 is 9.59 Å². The molecule has 1 aromatic carbocycles. The second-order valence-electron chi connectivity index (χ2n) is 7.60. The van der Waals surface area contributed by atoms with Crippen LogP contribution < -0.4 is 5.32 Å². The maximum absolute atomic E-state index is 12.4. The summed E-state index contributed by atoms with van der Waals surface area (Å²) in [5.74, 6) is 0.0550. The predicted octanol–water partition coefficient (Wildman–Crippen LogP) is 2.93. The van der Waals surface area contributed by atoms with Crippen LogP contribution in [0.1, 0.15) is 41.4 Å².